The Balaban J connectivity index is 2.90. The second kappa shape index (κ2) is 27.8. The molecule has 0 bridgehead atoms. The summed E-state index contributed by atoms with van der Waals surface area (Å²) in [6.45, 7) is -6.38. The van der Waals surface area contributed by atoms with Crippen molar-refractivity contribution < 1.29 is 177 Å². The van der Waals surface area contributed by atoms with Crippen LogP contribution in [-0.2, 0) is 172 Å². The summed E-state index contributed by atoms with van der Waals surface area (Å²) in [6.07, 6.45) is -35.2. The highest BCUT2D eigenvalue weighted by Crippen LogP contribution is 2.38. The number of thiol groups is 4. The van der Waals surface area contributed by atoms with Gasteiger partial charge in [-0.1, -0.05) is 0 Å². The fourth-order valence-corrected chi connectivity index (χ4v) is 10.9. The molecular formula is C21H40O41S10. The molecule has 41 nitrogen and oxygen atoms in total. The van der Waals surface area contributed by atoms with Crippen molar-refractivity contribution in [3.05, 3.63) is 0 Å². The van der Waals surface area contributed by atoms with E-state index in [0.717, 1.165) is 0 Å². The van der Waals surface area contributed by atoms with Crippen LogP contribution in [-0.4, -0.2) is 232 Å². The smallest absolute Gasteiger partial charge is 0.376 e. The Morgan fingerprint density at radius 3 is 1.31 bits per heavy atom. The fraction of sp³-hybridized carbons (Fsp3) is 1.00. The Hall–Kier alpha value is -1.34. The maximum Gasteiger partial charge on any atom is 0.397 e. The van der Waals surface area contributed by atoms with Gasteiger partial charge >= 0.3 is 62.4 Å². The molecule has 0 aromatic carbocycles. The standard InChI is InChI=1S/C21H40O41S10/c1-48-14(15(49-2)12(60-70(39,40)41)7-53-68(33,34)35)11(59-69(36,37)38)5-50-9-3-8(13(55-63(22)23)19(62-72(45,46)47)17(9)61-71(42,43)44)4-51-21-20(58-66(28)29)18(57-65(26)27)16(56-64(24)25)10(54-21)6-52-67(30,31)32/h8-21,63-66H,3-7H2,1-2H3,(H,30,31,32)(H,33,34,35)(H,36,37,38)(H,39,40,41)(H,42,43,44)(H,45,46,47)/t8-,9-,10-,11-,12-,13-,14-,15-,16-,17+,18+,19+,20-,21-/m1/s1. The first-order chi connectivity index (χ1) is 32.6. The van der Waals surface area contributed by atoms with Crippen LogP contribution in [0, 0.1) is 5.92 Å². The van der Waals surface area contributed by atoms with Crippen LogP contribution in [0.2, 0.25) is 0 Å². The molecule has 2 rings (SSSR count). The number of methoxy groups -OCH3 is 2. The first kappa shape index (κ1) is 66.8. The average molecular weight is 1270 g/mol. The van der Waals surface area contributed by atoms with Crippen molar-refractivity contribution in [1.29, 1.82) is 0 Å². The maximum absolute atomic E-state index is 12.2. The van der Waals surface area contributed by atoms with Crippen LogP contribution >= 0.6 is 0 Å². The minimum absolute atomic E-state index is 0.609. The molecule has 430 valence electrons. The van der Waals surface area contributed by atoms with Crippen LogP contribution in [0.25, 0.3) is 0 Å². The van der Waals surface area contributed by atoms with Gasteiger partial charge in [-0.25, -0.2) is 58.8 Å². The summed E-state index contributed by atoms with van der Waals surface area (Å²) >= 11 is 0. The quantitative estimate of drug-likeness (QED) is 0.0215. The predicted octanol–water partition coefficient (Wildman–Crippen LogP) is -8.80. The van der Waals surface area contributed by atoms with Gasteiger partial charge in [0.05, 0.1) is 32.5 Å². The van der Waals surface area contributed by atoms with Crippen molar-refractivity contribution in [3.63, 3.8) is 0 Å². The third-order valence-corrected chi connectivity index (χ3v) is 13.1. The third-order valence-electron chi connectivity index (χ3n) is 8.70. The van der Waals surface area contributed by atoms with Gasteiger partial charge in [-0.3, -0.25) is 44.0 Å². The summed E-state index contributed by atoms with van der Waals surface area (Å²) in [4.78, 5) is 0. The van der Waals surface area contributed by atoms with Crippen LogP contribution < -0.4 is 0 Å². The van der Waals surface area contributed by atoms with Gasteiger partial charge < -0.3 is 23.7 Å². The summed E-state index contributed by atoms with van der Waals surface area (Å²) in [5, 5.41) is 0. The largest absolute Gasteiger partial charge is 0.397 e. The minimum Gasteiger partial charge on any atom is -0.376 e. The van der Waals surface area contributed by atoms with Crippen LogP contribution in [0.3, 0.4) is 0 Å². The lowest BCUT2D eigenvalue weighted by Gasteiger charge is -2.45. The van der Waals surface area contributed by atoms with Gasteiger partial charge in [0.15, 0.2) is 12.4 Å². The van der Waals surface area contributed by atoms with E-state index in [1.807, 2.05) is 0 Å². The van der Waals surface area contributed by atoms with E-state index in [-0.39, 0.29) is 0 Å². The summed E-state index contributed by atoms with van der Waals surface area (Å²) in [5.41, 5.74) is 0. The van der Waals surface area contributed by atoms with Gasteiger partial charge in [-0.05, 0) is 6.42 Å². The molecule has 1 aliphatic heterocycles. The molecule has 51 heteroatoms. The second-order valence-corrected chi connectivity index (χ2v) is 22.4. The van der Waals surface area contributed by atoms with E-state index in [4.69, 9.17) is 32.8 Å². The zero-order chi connectivity index (χ0) is 55.5. The first-order valence-electron chi connectivity index (χ1n) is 17.7. The number of hydrogen-bond donors (Lipinski definition) is 10. The highest BCUT2D eigenvalue weighted by Gasteiger charge is 2.55. The van der Waals surface area contributed by atoms with Crippen molar-refractivity contribution in [3.8, 4) is 0 Å². The normalized spacial score (nSPS) is 28.1. The maximum atomic E-state index is 12.2. The molecule has 1 saturated carbocycles. The Kier molecular flexibility index (Phi) is 25.8. The van der Waals surface area contributed by atoms with E-state index >= 15 is 0 Å². The lowest BCUT2D eigenvalue weighted by Crippen LogP contribution is -2.63. The molecule has 1 aliphatic carbocycles. The van der Waals surface area contributed by atoms with Crippen LogP contribution in [0.1, 0.15) is 6.42 Å². The van der Waals surface area contributed by atoms with E-state index in [0.29, 0.717) is 14.2 Å². The highest BCUT2D eigenvalue weighted by molar-refractivity contribution is 7.82. The molecule has 2 aliphatic rings. The predicted molar refractivity (Wildman–Crippen MR) is 215 cm³/mol. The number of rotatable bonds is 33. The fourth-order valence-electron chi connectivity index (χ4n) is 6.52. The molecular weight excluding hydrogens is 1230 g/mol. The Labute approximate surface area is 413 Å². The molecule has 0 unspecified atom stereocenters. The molecule has 1 saturated heterocycles. The molecule has 14 atom stereocenters. The molecule has 0 aromatic heterocycles. The van der Waals surface area contributed by atoms with Crippen molar-refractivity contribution in [2.24, 2.45) is 5.92 Å². The summed E-state index contributed by atoms with van der Waals surface area (Å²) in [7, 11) is -50.5. The summed E-state index contributed by atoms with van der Waals surface area (Å²) in [5.74, 6) is -2.16. The SMILES string of the molecule is CO[C@@H]([C@H](OC)[C@@H](COS(=O)(=O)O)OS(=O)(=O)O)[C@@H](CO[C@@H]1C[C@H](CO[C@@H]2O[C@H](COS(=O)(=O)O)[C@@H](O[SH](=O)=O)[C@H](O[SH](=O)=O)[C@H]2O[SH](=O)=O)[C@@H](O[SH](=O)=O)[C@H](OS(=O)(=O)O)[C@H]1OS(=O)(=O)O)OS(=O)(=O)O. The van der Waals surface area contributed by atoms with Crippen molar-refractivity contribution in [2.45, 2.75) is 86.0 Å². The van der Waals surface area contributed by atoms with Gasteiger partial charge in [-0.2, -0.15) is 50.5 Å². The summed E-state index contributed by atoms with van der Waals surface area (Å²) < 4.78 is 363. The van der Waals surface area contributed by atoms with Gasteiger partial charge in [0.25, 0.3) is 43.9 Å². The lowest BCUT2D eigenvalue weighted by atomic mass is 9.81. The monoisotopic (exact) mass is 1270 g/mol. The highest BCUT2D eigenvalue weighted by atomic mass is 32.3. The number of ether oxygens (including phenoxy) is 5. The van der Waals surface area contributed by atoms with E-state index < -0.39 is 225 Å². The topological polar surface area (TPSA) is 601 Å². The van der Waals surface area contributed by atoms with Crippen LogP contribution in [0.15, 0.2) is 0 Å². The van der Waals surface area contributed by atoms with Gasteiger partial charge in [0.1, 0.15) is 61.0 Å². The Morgan fingerprint density at radius 1 is 0.472 bits per heavy atom. The Morgan fingerprint density at radius 2 is 0.889 bits per heavy atom. The second-order valence-electron chi connectivity index (χ2n) is 13.3. The van der Waals surface area contributed by atoms with E-state index in [1.54, 1.807) is 0 Å². The lowest BCUT2D eigenvalue weighted by molar-refractivity contribution is -0.290. The molecule has 0 amide bonds. The molecule has 0 radical (unpaired) electrons. The van der Waals surface area contributed by atoms with Crippen LogP contribution in [0.4, 0.5) is 0 Å². The minimum atomic E-state index is -6.07. The van der Waals surface area contributed by atoms with E-state index in [1.165, 1.54) is 0 Å². The van der Waals surface area contributed by atoms with Gasteiger partial charge in [0.2, 0.25) is 0 Å². The van der Waals surface area contributed by atoms with Gasteiger partial charge in [0, 0.05) is 20.1 Å². The third kappa shape index (κ3) is 24.8. The zero-order valence-electron chi connectivity index (χ0n) is 34.8. The molecule has 72 heavy (non-hydrogen) atoms. The molecule has 0 spiro atoms. The molecule has 6 N–H and O–H groups in total. The Bertz CT molecular complexity index is 2780. The number of hydrogen-bond acceptors (Lipinski definition) is 35. The van der Waals surface area contributed by atoms with Crippen molar-refractivity contribution in [2.75, 3.05) is 40.6 Å². The van der Waals surface area contributed by atoms with Gasteiger partial charge in [-0.15, -0.1) is 0 Å². The molecule has 1 heterocycles. The zero-order valence-corrected chi connectivity index (χ0v) is 43.3. The van der Waals surface area contributed by atoms with Crippen molar-refractivity contribution >= 4 is 106 Å². The van der Waals surface area contributed by atoms with Crippen LogP contribution in [0.5, 0.6) is 0 Å². The van der Waals surface area contributed by atoms with Crippen molar-refractivity contribution in [1.82, 2.24) is 0 Å². The molecule has 0 aromatic rings. The van der Waals surface area contributed by atoms with E-state index in [9.17, 15) is 102 Å². The first-order valence-corrected chi connectivity index (χ1v) is 30.2. The van der Waals surface area contributed by atoms with E-state index in [2.05, 4.69) is 41.8 Å². The molecule has 2 fully saturated rings. The average Bonchev–Trinajstić information content (AvgIpc) is 3.16. The summed E-state index contributed by atoms with van der Waals surface area (Å²) in [6, 6.07) is 0.